The molecule has 3 rings (SSSR count). The van der Waals surface area contributed by atoms with Gasteiger partial charge in [0.1, 0.15) is 0 Å². The van der Waals surface area contributed by atoms with Gasteiger partial charge in [-0.2, -0.15) is 4.31 Å². The average molecular weight is 308 g/mol. The molecular weight excluding hydrogens is 284 g/mol. The molecular formula is C16H24N2O2S. The SMILES string of the molecule is CCNc1ccc(S(=O)(=O)N2CCCC3CCCC32)cc1. The van der Waals surface area contributed by atoms with E-state index in [1.54, 1.807) is 16.4 Å². The zero-order valence-electron chi connectivity index (χ0n) is 12.6. The molecule has 0 radical (unpaired) electrons. The van der Waals surface area contributed by atoms with Gasteiger partial charge >= 0.3 is 0 Å². The van der Waals surface area contributed by atoms with E-state index < -0.39 is 10.0 Å². The van der Waals surface area contributed by atoms with Crippen molar-refractivity contribution in [3.8, 4) is 0 Å². The molecule has 0 bridgehead atoms. The molecule has 2 aliphatic rings. The van der Waals surface area contributed by atoms with E-state index in [0.717, 1.165) is 25.1 Å². The minimum absolute atomic E-state index is 0.234. The molecule has 5 heteroatoms. The van der Waals surface area contributed by atoms with E-state index in [1.807, 2.05) is 19.1 Å². The lowest BCUT2D eigenvalue weighted by Gasteiger charge is -2.36. The highest BCUT2D eigenvalue weighted by atomic mass is 32.2. The third-order valence-corrected chi connectivity index (χ3v) is 6.72. The van der Waals surface area contributed by atoms with Crippen molar-refractivity contribution in [2.75, 3.05) is 18.4 Å². The second kappa shape index (κ2) is 5.97. The topological polar surface area (TPSA) is 49.4 Å². The minimum atomic E-state index is -3.34. The predicted molar refractivity (Wildman–Crippen MR) is 84.9 cm³/mol. The normalized spacial score (nSPS) is 26.5. The van der Waals surface area contributed by atoms with Gasteiger partial charge in [-0.1, -0.05) is 6.42 Å². The fourth-order valence-electron chi connectivity index (χ4n) is 3.79. The molecule has 0 spiro atoms. The van der Waals surface area contributed by atoms with Crippen molar-refractivity contribution in [3.63, 3.8) is 0 Å². The molecule has 2 atom stereocenters. The Hall–Kier alpha value is -1.07. The Kier molecular flexibility index (Phi) is 4.22. The zero-order chi connectivity index (χ0) is 14.9. The first kappa shape index (κ1) is 14.9. The van der Waals surface area contributed by atoms with Crippen LogP contribution in [0.4, 0.5) is 5.69 Å². The number of nitrogens with one attached hydrogen (secondary N) is 1. The van der Waals surface area contributed by atoms with Crippen LogP contribution < -0.4 is 5.32 Å². The van der Waals surface area contributed by atoms with Gasteiger partial charge in [-0.15, -0.1) is 0 Å². The summed E-state index contributed by atoms with van der Waals surface area (Å²) in [7, 11) is -3.34. The Morgan fingerprint density at radius 2 is 1.86 bits per heavy atom. The van der Waals surface area contributed by atoms with Crippen molar-refractivity contribution >= 4 is 15.7 Å². The first-order valence-corrected chi connectivity index (χ1v) is 9.42. The van der Waals surface area contributed by atoms with Gasteiger partial charge in [-0.05, 0) is 62.8 Å². The summed E-state index contributed by atoms with van der Waals surface area (Å²) in [5.41, 5.74) is 0.967. The zero-order valence-corrected chi connectivity index (χ0v) is 13.4. The monoisotopic (exact) mass is 308 g/mol. The van der Waals surface area contributed by atoms with Gasteiger partial charge in [0.25, 0.3) is 0 Å². The first-order valence-electron chi connectivity index (χ1n) is 7.98. The summed E-state index contributed by atoms with van der Waals surface area (Å²) in [6.07, 6.45) is 5.57. The van der Waals surface area contributed by atoms with Gasteiger partial charge in [0.05, 0.1) is 4.90 Å². The summed E-state index contributed by atoms with van der Waals surface area (Å²) in [4.78, 5) is 0.428. The summed E-state index contributed by atoms with van der Waals surface area (Å²) in [5.74, 6) is 0.578. The van der Waals surface area contributed by atoms with Crippen molar-refractivity contribution in [2.24, 2.45) is 5.92 Å². The number of fused-ring (bicyclic) bond motifs is 1. The Morgan fingerprint density at radius 1 is 1.14 bits per heavy atom. The van der Waals surface area contributed by atoms with Crippen LogP contribution in [0.3, 0.4) is 0 Å². The highest BCUT2D eigenvalue weighted by molar-refractivity contribution is 7.89. The smallest absolute Gasteiger partial charge is 0.243 e. The number of piperidine rings is 1. The van der Waals surface area contributed by atoms with Gasteiger partial charge in [0.2, 0.25) is 10.0 Å². The van der Waals surface area contributed by atoms with Crippen LogP contribution >= 0.6 is 0 Å². The van der Waals surface area contributed by atoms with E-state index in [2.05, 4.69) is 5.32 Å². The van der Waals surface area contributed by atoms with Gasteiger partial charge in [-0.3, -0.25) is 0 Å². The van der Waals surface area contributed by atoms with Gasteiger partial charge in [-0.25, -0.2) is 8.42 Å². The van der Waals surface area contributed by atoms with Crippen LogP contribution in [-0.4, -0.2) is 31.9 Å². The molecule has 1 aliphatic heterocycles. The number of sulfonamides is 1. The van der Waals surface area contributed by atoms with Crippen LogP contribution in [0.2, 0.25) is 0 Å². The third kappa shape index (κ3) is 2.81. The Balaban J connectivity index is 1.85. The Morgan fingerprint density at radius 3 is 2.57 bits per heavy atom. The molecule has 0 amide bonds. The van der Waals surface area contributed by atoms with E-state index in [0.29, 0.717) is 17.4 Å². The quantitative estimate of drug-likeness (QED) is 0.930. The molecule has 1 saturated heterocycles. The third-order valence-electron chi connectivity index (χ3n) is 4.78. The van der Waals surface area contributed by atoms with E-state index in [9.17, 15) is 8.42 Å². The molecule has 0 aromatic heterocycles. The molecule has 1 aromatic rings. The van der Waals surface area contributed by atoms with Crippen LogP contribution in [0, 0.1) is 5.92 Å². The van der Waals surface area contributed by atoms with Crippen LogP contribution in [0.5, 0.6) is 0 Å². The molecule has 1 heterocycles. The minimum Gasteiger partial charge on any atom is -0.385 e. The molecule has 1 aromatic carbocycles. The lowest BCUT2D eigenvalue weighted by molar-refractivity contribution is 0.202. The number of rotatable bonds is 4. The number of hydrogen-bond donors (Lipinski definition) is 1. The van der Waals surface area contributed by atoms with Crippen molar-refractivity contribution in [1.29, 1.82) is 0 Å². The second-order valence-corrected chi connectivity index (χ2v) is 7.96. The average Bonchev–Trinajstić information content (AvgIpc) is 2.96. The lowest BCUT2D eigenvalue weighted by atomic mass is 9.94. The number of benzene rings is 1. The number of anilines is 1. The van der Waals surface area contributed by atoms with Crippen molar-refractivity contribution in [1.82, 2.24) is 4.31 Å². The molecule has 2 unspecified atom stereocenters. The van der Waals surface area contributed by atoms with E-state index in [-0.39, 0.29) is 6.04 Å². The summed E-state index contributed by atoms with van der Waals surface area (Å²) < 4.78 is 27.6. The van der Waals surface area contributed by atoms with E-state index in [4.69, 9.17) is 0 Å². The van der Waals surface area contributed by atoms with Crippen molar-refractivity contribution in [3.05, 3.63) is 24.3 Å². The standard InChI is InChI=1S/C16H24N2O2S/c1-2-17-14-8-10-15(11-9-14)21(19,20)18-12-4-6-13-5-3-7-16(13)18/h8-11,13,16-17H,2-7,12H2,1H3. The maximum Gasteiger partial charge on any atom is 0.243 e. The maximum atomic E-state index is 12.9. The molecule has 1 saturated carbocycles. The molecule has 2 fully saturated rings. The fraction of sp³-hybridized carbons (Fsp3) is 0.625. The summed E-state index contributed by atoms with van der Waals surface area (Å²) in [6, 6.07) is 7.40. The first-order chi connectivity index (χ1) is 10.1. The van der Waals surface area contributed by atoms with Gasteiger partial charge in [0, 0.05) is 24.8 Å². The highest BCUT2D eigenvalue weighted by Crippen LogP contribution is 2.39. The predicted octanol–water partition coefficient (Wildman–Crippen LogP) is 3.07. The highest BCUT2D eigenvalue weighted by Gasteiger charge is 2.41. The van der Waals surface area contributed by atoms with Crippen LogP contribution in [0.25, 0.3) is 0 Å². The fourth-order valence-corrected chi connectivity index (χ4v) is 5.55. The van der Waals surface area contributed by atoms with Crippen LogP contribution in [-0.2, 0) is 10.0 Å². The summed E-state index contributed by atoms with van der Waals surface area (Å²) in [5, 5.41) is 3.19. The van der Waals surface area contributed by atoms with Crippen molar-refractivity contribution in [2.45, 2.75) is 50.0 Å². The van der Waals surface area contributed by atoms with Gasteiger partial charge < -0.3 is 5.32 Å². The molecule has 116 valence electrons. The Labute approximate surface area is 127 Å². The molecule has 4 nitrogen and oxygen atoms in total. The molecule has 1 aliphatic carbocycles. The molecule has 21 heavy (non-hydrogen) atoms. The Bertz CT molecular complexity index is 583. The van der Waals surface area contributed by atoms with Gasteiger partial charge in [0.15, 0.2) is 0 Å². The second-order valence-electron chi connectivity index (χ2n) is 6.07. The number of hydrogen-bond acceptors (Lipinski definition) is 3. The van der Waals surface area contributed by atoms with Crippen molar-refractivity contribution < 1.29 is 8.42 Å². The maximum absolute atomic E-state index is 12.9. The number of nitrogens with zero attached hydrogens (tertiary/aromatic N) is 1. The largest absolute Gasteiger partial charge is 0.385 e. The van der Waals surface area contributed by atoms with Crippen LogP contribution in [0.15, 0.2) is 29.2 Å². The molecule has 1 N–H and O–H groups in total. The summed E-state index contributed by atoms with van der Waals surface area (Å²) in [6.45, 7) is 3.54. The lowest BCUT2D eigenvalue weighted by Crippen LogP contribution is -2.46. The van der Waals surface area contributed by atoms with E-state index >= 15 is 0 Å². The summed E-state index contributed by atoms with van der Waals surface area (Å²) >= 11 is 0. The van der Waals surface area contributed by atoms with Crippen LogP contribution in [0.1, 0.15) is 39.0 Å². The van der Waals surface area contributed by atoms with E-state index in [1.165, 1.54) is 19.3 Å².